The van der Waals surface area contributed by atoms with Gasteiger partial charge in [0.05, 0.1) is 31.4 Å². The Labute approximate surface area is 268 Å². The van der Waals surface area contributed by atoms with Crippen molar-refractivity contribution < 1.29 is 24.4 Å². The molecular formula is C32H38BClN6O5. The fourth-order valence-corrected chi connectivity index (χ4v) is 5.77. The third-order valence-corrected chi connectivity index (χ3v) is 8.23. The van der Waals surface area contributed by atoms with Gasteiger partial charge in [-0.25, -0.2) is 10.9 Å². The summed E-state index contributed by atoms with van der Waals surface area (Å²) in [6.07, 6.45) is 2.20. The summed E-state index contributed by atoms with van der Waals surface area (Å²) < 4.78 is 5.55. The highest BCUT2D eigenvalue weighted by atomic mass is 35.5. The largest absolute Gasteiger partial charge is 0.497 e. The second-order valence-corrected chi connectivity index (χ2v) is 11.6. The molecule has 2 unspecified atom stereocenters. The quantitative estimate of drug-likeness (QED) is 0.131. The van der Waals surface area contributed by atoms with Gasteiger partial charge in [-0.05, 0) is 74.1 Å². The number of anilines is 1. The van der Waals surface area contributed by atoms with Crippen LogP contribution in [-0.2, 0) is 4.79 Å². The lowest BCUT2D eigenvalue weighted by molar-refractivity contribution is -0.121. The van der Waals surface area contributed by atoms with E-state index in [1.54, 1.807) is 25.3 Å². The van der Waals surface area contributed by atoms with Gasteiger partial charge < -0.3 is 30.3 Å². The lowest BCUT2D eigenvalue weighted by Crippen LogP contribution is -2.47. The summed E-state index contributed by atoms with van der Waals surface area (Å²) in [5, 5.41) is 25.1. The predicted octanol–water partition coefficient (Wildman–Crippen LogP) is 1.94. The Morgan fingerprint density at radius 2 is 1.76 bits per heavy atom. The number of nitrogens with zero attached hydrogens (tertiary/aromatic N) is 2. The number of rotatable bonds is 12. The molecule has 3 aromatic rings. The summed E-state index contributed by atoms with van der Waals surface area (Å²) in [5.41, 5.74) is 10.8. The fourth-order valence-electron chi connectivity index (χ4n) is 5.65. The first-order valence-corrected chi connectivity index (χ1v) is 15.5. The third kappa shape index (κ3) is 7.84. The Morgan fingerprint density at radius 3 is 2.49 bits per heavy atom. The Kier molecular flexibility index (Phi) is 10.7. The van der Waals surface area contributed by atoms with Crippen molar-refractivity contribution in [2.24, 2.45) is 4.99 Å². The summed E-state index contributed by atoms with van der Waals surface area (Å²) in [5.74, 6) is 0.348. The number of carbonyl (C=O) groups is 2. The number of amides is 2. The van der Waals surface area contributed by atoms with E-state index in [0.717, 1.165) is 41.8 Å². The molecule has 0 aromatic heterocycles. The molecule has 6 N–H and O–H groups in total. The minimum atomic E-state index is -1.62. The van der Waals surface area contributed by atoms with Crippen LogP contribution in [0.15, 0.2) is 71.7 Å². The molecule has 3 atom stereocenters. The molecule has 0 bridgehead atoms. The maximum atomic E-state index is 13.2. The maximum Gasteiger partial charge on any atom is 0.488 e. The zero-order chi connectivity index (χ0) is 31.9. The number of carbonyl (C=O) groups excluding carboxylic acids is 2. The number of hydrogen-bond donors (Lipinski definition) is 6. The van der Waals surface area contributed by atoms with Crippen molar-refractivity contribution >= 4 is 47.4 Å². The molecule has 0 radical (unpaired) electrons. The zero-order valence-corrected chi connectivity index (χ0v) is 26.1. The van der Waals surface area contributed by atoms with Crippen LogP contribution in [0.25, 0.3) is 0 Å². The van der Waals surface area contributed by atoms with E-state index in [9.17, 15) is 19.6 Å². The van der Waals surface area contributed by atoms with Crippen LogP contribution in [0.5, 0.6) is 5.75 Å². The standard InChI is InChI=1S/C32H38BClN6O5/c1-20-38-39-31-27(19-29(41)35-15-4-3-5-16-36-32(42)22-7-6-8-23(17-22)33(43)44)37-30(21-9-11-24(34)12-10-21)26-18-25(45-2)13-14-28(26)40(20)31/h6-14,17-18,20,27,31,38-39,43-44H,3-5,15-16,19H2,1-2H3,(H,35,41)(H,36,42)/t20?,27-,31?/m0/s1. The summed E-state index contributed by atoms with van der Waals surface area (Å²) in [4.78, 5) is 33.0. The molecule has 2 amide bonds. The predicted molar refractivity (Wildman–Crippen MR) is 176 cm³/mol. The lowest BCUT2D eigenvalue weighted by atomic mass is 9.79. The molecule has 0 spiro atoms. The number of hydrazine groups is 1. The van der Waals surface area contributed by atoms with Crippen molar-refractivity contribution in [2.75, 3.05) is 25.1 Å². The van der Waals surface area contributed by atoms with Crippen LogP contribution in [-0.4, -0.2) is 73.3 Å². The van der Waals surface area contributed by atoms with Crippen molar-refractivity contribution in [3.05, 3.63) is 88.4 Å². The van der Waals surface area contributed by atoms with Crippen LogP contribution in [0.1, 0.15) is 54.1 Å². The van der Waals surface area contributed by atoms with Crippen molar-refractivity contribution in [3.8, 4) is 5.75 Å². The van der Waals surface area contributed by atoms with Gasteiger partial charge in [-0.1, -0.05) is 35.9 Å². The molecule has 236 valence electrons. The number of unbranched alkanes of at least 4 members (excludes halogenated alkanes) is 2. The van der Waals surface area contributed by atoms with E-state index in [4.69, 9.17) is 21.3 Å². The number of nitrogens with one attached hydrogen (secondary N) is 4. The summed E-state index contributed by atoms with van der Waals surface area (Å²) >= 11 is 6.19. The monoisotopic (exact) mass is 632 g/mol. The molecule has 0 saturated carbocycles. The summed E-state index contributed by atoms with van der Waals surface area (Å²) in [6, 6.07) is 19.3. The van der Waals surface area contributed by atoms with Crippen molar-refractivity contribution in [1.29, 1.82) is 0 Å². The van der Waals surface area contributed by atoms with Gasteiger partial charge in [-0.3, -0.25) is 14.6 Å². The number of aliphatic imine (C=N–C) groups is 1. The molecule has 13 heteroatoms. The van der Waals surface area contributed by atoms with E-state index in [1.807, 2.05) is 42.5 Å². The van der Waals surface area contributed by atoms with Gasteiger partial charge in [0, 0.05) is 40.5 Å². The SMILES string of the molecule is COc1ccc2c(c1)C(c1ccc(Cl)cc1)=N[C@@H](CC(=O)NCCCCCNC(=O)c1cccc(B(O)O)c1)C1NNC(C)N21. The van der Waals surface area contributed by atoms with E-state index in [-0.39, 0.29) is 36.0 Å². The molecule has 3 aromatic carbocycles. The summed E-state index contributed by atoms with van der Waals surface area (Å²) in [7, 11) is 0.0124. The molecule has 45 heavy (non-hydrogen) atoms. The maximum absolute atomic E-state index is 13.2. The first kappa shape index (κ1) is 32.5. The van der Waals surface area contributed by atoms with E-state index in [2.05, 4.69) is 33.3 Å². The molecule has 2 heterocycles. The molecule has 2 aliphatic rings. The molecule has 2 aliphatic heterocycles. The van der Waals surface area contributed by atoms with E-state index in [0.29, 0.717) is 29.4 Å². The Morgan fingerprint density at radius 1 is 1.00 bits per heavy atom. The Balaban J connectivity index is 1.19. The van der Waals surface area contributed by atoms with Crippen LogP contribution >= 0.6 is 11.6 Å². The van der Waals surface area contributed by atoms with E-state index in [1.165, 1.54) is 6.07 Å². The molecule has 11 nitrogen and oxygen atoms in total. The van der Waals surface area contributed by atoms with Gasteiger partial charge >= 0.3 is 7.12 Å². The number of ether oxygens (including phenoxy) is 1. The second kappa shape index (κ2) is 14.9. The normalized spacial score (nSPS) is 18.7. The molecule has 1 saturated heterocycles. The average Bonchev–Trinajstić information content (AvgIpc) is 3.37. The molecular weight excluding hydrogens is 595 g/mol. The van der Waals surface area contributed by atoms with Crippen molar-refractivity contribution in [2.45, 2.75) is 51.0 Å². The minimum absolute atomic E-state index is 0.0434. The van der Waals surface area contributed by atoms with Gasteiger partial charge in [0.15, 0.2) is 0 Å². The smallest absolute Gasteiger partial charge is 0.488 e. The van der Waals surface area contributed by atoms with Crippen LogP contribution in [0.3, 0.4) is 0 Å². The van der Waals surface area contributed by atoms with Gasteiger partial charge in [0.1, 0.15) is 11.9 Å². The lowest BCUT2D eigenvalue weighted by Gasteiger charge is -2.31. The average molecular weight is 633 g/mol. The third-order valence-electron chi connectivity index (χ3n) is 7.97. The molecule has 1 fully saturated rings. The number of methoxy groups -OCH3 is 1. The van der Waals surface area contributed by atoms with E-state index >= 15 is 0 Å². The summed E-state index contributed by atoms with van der Waals surface area (Å²) in [6.45, 7) is 3.05. The number of hydrogen-bond acceptors (Lipinski definition) is 9. The number of benzene rings is 3. The van der Waals surface area contributed by atoms with E-state index < -0.39 is 13.2 Å². The second-order valence-electron chi connectivity index (χ2n) is 11.1. The van der Waals surface area contributed by atoms with Gasteiger partial charge in [0.25, 0.3) is 5.91 Å². The topological polar surface area (TPSA) is 148 Å². The van der Waals surface area contributed by atoms with Gasteiger partial charge in [-0.2, -0.15) is 0 Å². The van der Waals surface area contributed by atoms with Crippen LogP contribution in [0, 0.1) is 0 Å². The van der Waals surface area contributed by atoms with Crippen LogP contribution < -0.4 is 36.6 Å². The van der Waals surface area contributed by atoms with Crippen LogP contribution in [0.2, 0.25) is 5.02 Å². The highest BCUT2D eigenvalue weighted by Crippen LogP contribution is 2.36. The number of halogens is 1. The number of fused-ring (bicyclic) bond motifs is 3. The highest BCUT2D eigenvalue weighted by Gasteiger charge is 2.40. The molecule has 0 aliphatic carbocycles. The highest BCUT2D eigenvalue weighted by molar-refractivity contribution is 6.58. The van der Waals surface area contributed by atoms with Gasteiger partial charge in [-0.15, -0.1) is 0 Å². The first-order valence-electron chi connectivity index (χ1n) is 15.1. The first-order chi connectivity index (χ1) is 21.7. The van der Waals surface area contributed by atoms with Gasteiger partial charge in [0.2, 0.25) is 5.91 Å². The Hall–Kier alpha value is -3.94. The van der Waals surface area contributed by atoms with Crippen molar-refractivity contribution in [3.63, 3.8) is 0 Å². The van der Waals surface area contributed by atoms with Crippen LogP contribution in [0.4, 0.5) is 5.69 Å². The van der Waals surface area contributed by atoms with Crippen molar-refractivity contribution in [1.82, 2.24) is 21.5 Å². The molecule has 5 rings (SSSR count). The minimum Gasteiger partial charge on any atom is -0.497 e. The fraction of sp³-hybridized carbons (Fsp3) is 0.344. The Bertz CT molecular complexity index is 1540. The zero-order valence-electron chi connectivity index (χ0n) is 25.3.